The monoisotopic (exact) mass is 329 g/mol. The number of nitrogens with zero attached hydrogens (tertiary/aromatic N) is 1. The Bertz CT molecular complexity index is 463. The number of carbonyl (C=O) groups is 1. The van der Waals surface area contributed by atoms with Crippen molar-refractivity contribution in [2.75, 3.05) is 13.2 Å². The molecule has 1 aliphatic rings. The topological polar surface area (TPSA) is 40.5 Å². The molecule has 1 aromatic carbocycles. The van der Waals surface area contributed by atoms with E-state index in [0.717, 1.165) is 19.3 Å². The van der Waals surface area contributed by atoms with Crippen LogP contribution in [0.4, 0.5) is 4.39 Å². The standard InChI is InChI=1S/C14H17BrFNO2/c15-13-6-5-10(16)9-12(13)14(19)17(7-2-8-18)11-3-1-4-11/h5-6,9,11,18H,1-4,7-8H2. The molecule has 1 N–H and O–H groups in total. The SMILES string of the molecule is O=C(c1cc(F)ccc1Br)N(CCCO)C1CCC1. The molecule has 1 aliphatic carbocycles. The van der Waals surface area contributed by atoms with E-state index in [0.29, 0.717) is 23.0 Å². The average molecular weight is 330 g/mol. The Hall–Kier alpha value is -0.940. The third-order valence-electron chi connectivity index (χ3n) is 3.49. The molecular weight excluding hydrogens is 313 g/mol. The normalized spacial score (nSPS) is 15.1. The average Bonchev–Trinajstić information content (AvgIpc) is 2.34. The van der Waals surface area contributed by atoms with Gasteiger partial charge in [0.2, 0.25) is 0 Å². The molecule has 0 bridgehead atoms. The van der Waals surface area contributed by atoms with E-state index < -0.39 is 5.82 Å². The largest absolute Gasteiger partial charge is 0.396 e. The van der Waals surface area contributed by atoms with Gasteiger partial charge in [0.1, 0.15) is 5.82 Å². The summed E-state index contributed by atoms with van der Waals surface area (Å²) in [6.07, 6.45) is 3.65. The van der Waals surface area contributed by atoms with Gasteiger partial charge in [0, 0.05) is 23.7 Å². The Morgan fingerprint density at radius 1 is 1.47 bits per heavy atom. The summed E-state index contributed by atoms with van der Waals surface area (Å²) in [4.78, 5) is 14.3. The van der Waals surface area contributed by atoms with Crippen LogP contribution in [0.25, 0.3) is 0 Å². The summed E-state index contributed by atoms with van der Waals surface area (Å²) in [7, 11) is 0. The predicted octanol–water partition coefficient (Wildman–Crippen LogP) is 2.97. The lowest BCUT2D eigenvalue weighted by Crippen LogP contribution is -2.45. The Kier molecular flexibility index (Phi) is 4.93. The number of benzene rings is 1. The van der Waals surface area contributed by atoms with Gasteiger partial charge in [-0.05, 0) is 59.8 Å². The first-order valence-electron chi connectivity index (χ1n) is 6.50. The molecule has 0 atom stereocenters. The lowest BCUT2D eigenvalue weighted by atomic mass is 9.90. The first kappa shape index (κ1) is 14.5. The number of aliphatic hydroxyl groups is 1. The summed E-state index contributed by atoms with van der Waals surface area (Å²) in [6.45, 7) is 0.573. The zero-order valence-electron chi connectivity index (χ0n) is 10.6. The summed E-state index contributed by atoms with van der Waals surface area (Å²) in [5.41, 5.74) is 0.352. The maximum Gasteiger partial charge on any atom is 0.255 e. The third kappa shape index (κ3) is 3.34. The molecule has 0 aromatic heterocycles. The lowest BCUT2D eigenvalue weighted by molar-refractivity contribution is 0.0561. The highest BCUT2D eigenvalue weighted by Crippen LogP contribution is 2.28. The highest BCUT2D eigenvalue weighted by atomic mass is 79.9. The van der Waals surface area contributed by atoms with E-state index in [1.165, 1.54) is 12.1 Å². The van der Waals surface area contributed by atoms with Gasteiger partial charge < -0.3 is 10.0 Å². The van der Waals surface area contributed by atoms with Crippen LogP contribution in [0.1, 0.15) is 36.0 Å². The highest BCUT2D eigenvalue weighted by Gasteiger charge is 2.29. The van der Waals surface area contributed by atoms with Crippen LogP contribution in [0.5, 0.6) is 0 Å². The van der Waals surface area contributed by atoms with Crippen LogP contribution in [0, 0.1) is 5.82 Å². The van der Waals surface area contributed by atoms with E-state index in [-0.39, 0.29) is 18.6 Å². The van der Waals surface area contributed by atoms with Gasteiger partial charge in [-0.15, -0.1) is 0 Å². The molecular formula is C14H17BrFNO2. The van der Waals surface area contributed by atoms with E-state index in [1.54, 1.807) is 11.0 Å². The molecule has 0 saturated heterocycles. The van der Waals surface area contributed by atoms with Crippen molar-refractivity contribution < 1.29 is 14.3 Å². The van der Waals surface area contributed by atoms with E-state index in [4.69, 9.17) is 5.11 Å². The van der Waals surface area contributed by atoms with Crippen LogP contribution in [0.3, 0.4) is 0 Å². The third-order valence-corrected chi connectivity index (χ3v) is 4.18. The predicted molar refractivity (Wildman–Crippen MR) is 74.5 cm³/mol. The maximum atomic E-state index is 13.3. The minimum absolute atomic E-state index is 0.0564. The molecule has 0 spiro atoms. The quantitative estimate of drug-likeness (QED) is 0.902. The number of amides is 1. The second-order valence-electron chi connectivity index (χ2n) is 4.78. The van der Waals surface area contributed by atoms with Gasteiger partial charge in [-0.3, -0.25) is 4.79 Å². The molecule has 1 aromatic rings. The minimum Gasteiger partial charge on any atom is -0.396 e. The van der Waals surface area contributed by atoms with Crippen molar-refractivity contribution >= 4 is 21.8 Å². The number of hydrogen-bond donors (Lipinski definition) is 1. The van der Waals surface area contributed by atoms with Gasteiger partial charge in [0.25, 0.3) is 5.91 Å². The lowest BCUT2D eigenvalue weighted by Gasteiger charge is -2.37. The Labute approximate surface area is 120 Å². The van der Waals surface area contributed by atoms with Gasteiger partial charge in [-0.25, -0.2) is 4.39 Å². The minimum atomic E-state index is -0.415. The molecule has 0 unspecified atom stereocenters. The molecule has 2 rings (SSSR count). The second kappa shape index (κ2) is 6.48. The van der Waals surface area contributed by atoms with Crippen LogP contribution in [-0.4, -0.2) is 35.1 Å². The summed E-state index contributed by atoms with van der Waals surface area (Å²) < 4.78 is 13.9. The number of carbonyl (C=O) groups excluding carboxylic acids is 1. The van der Waals surface area contributed by atoms with Crippen molar-refractivity contribution in [3.8, 4) is 0 Å². The van der Waals surface area contributed by atoms with Crippen LogP contribution in [0.2, 0.25) is 0 Å². The van der Waals surface area contributed by atoms with Gasteiger partial charge >= 0.3 is 0 Å². The zero-order chi connectivity index (χ0) is 13.8. The number of halogens is 2. The summed E-state index contributed by atoms with van der Waals surface area (Å²) in [5.74, 6) is -0.577. The van der Waals surface area contributed by atoms with Crippen LogP contribution < -0.4 is 0 Å². The van der Waals surface area contributed by atoms with Crippen molar-refractivity contribution in [1.29, 1.82) is 0 Å². The van der Waals surface area contributed by atoms with E-state index in [2.05, 4.69) is 15.9 Å². The van der Waals surface area contributed by atoms with Crippen molar-refractivity contribution in [3.63, 3.8) is 0 Å². The summed E-state index contributed by atoms with van der Waals surface area (Å²) >= 11 is 3.29. The fraction of sp³-hybridized carbons (Fsp3) is 0.500. The van der Waals surface area contributed by atoms with Crippen LogP contribution in [0.15, 0.2) is 22.7 Å². The van der Waals surface area contributed by atoms with E-state index in [9.17, 15) is 9.18 Å². The van der Waals surface area contributed by atoms with Crippen molar-refractivity contribution in [2.45, 2.75) is 31.7 Å². The van der Waals surface area contributed by atoms with E-state index in [1.807, 2.05) is 0 Å². The maximum absolute atomic E-state index is 13.3. The first-order valence-corrected chi connectivity index (χ1v) is 7.29. The van der Waals surface area contributed by atoms with Crippen molar-refractivity contribution in [3.05, 3.63) is 34.1 Å². The molecule has 0 radical (unpaired) electrons. The Morgan fingerprint density at radius 2 is 2.21 bits per heavy atom. The molecule has 0 aliphatic heterocycles. The first-order chi connectivity index (χ1) is 9.13. The fourth-order valence-corrected chi connectivity index (χ4v) is 2.62. The smallest absolute Gasteiger partial charge is 0.255 e. The molecule has 1 amide bonds. The van der Waals surface area contributed by atoms with Crippen LogP contribution in [-0.2, 0) is 0 Å². The fourth-order valence-electron chi connectivity index (χ4n) is 2.21. The number of rotatable bonds is 5. The molecule has 104 valence electrons. The number of hydrogen-bond acceptors (Lipinski definition) is 2. The molecule has 19 heavy (non-hydrogen) atoms. The molecule has 5 heteroatoms. The zero-order valence-corrected chi connectivity index (χ0v) is 12.2. The molecule has 0 heterocycles. The van der Waals surface area contributed by atoms with Gasteiger partial charge in [0.15, 0.2) is 0 Å². The second-order valence-corrected chi connectivity index (χ2v) is 5.64. The number of aliphatic hydroxyl groups excluding tert-OH is 1. The molecule has 1 saturated carbocycles. The molecule has 1 fully saturated rings. The Morgan fingerprint density at radius 3 is 2.79 bits per heavy atom. The van der Waals surface area contributed by atoms with Crippen molar-refractivity contribution in [1.82, 2.24) is 4.90 Å². The van der Waals surface area contributed by atoms with Gasteiger partial charge in [-0.2, -0.15) is 0 Å². The molecule has 3 nitrogen and oxygen atoms in total. The van der Waals surface area contributed by atoms with Gasteiger partial charge in [-0.1, -0.05) is 0 Å². The van der Waals surface area contributed by atoms with E-state index >= 15 is 0 Å². The van der Waals surface area contributed by atoms with Crippen LogP contribution >= 0.6 is 15.9 Å². The highest BCUT2D eigenvalue weighted by molar-refractivity contribution is 9.10. The Balaban J connectivity index is 2.19. The summed E-state index contributed by atoms with van der Waals surface area (Å²) in [6, 6.07) is 4.36. The summed E-state index contributed by atoms with van der Waals surface area (Å²) in [5, 5.41) is 8.93. The van der Waals surface area contributed by atoms with Gasteiger partial charge in [0.05, 0.1) is 5.56 Å². The van der Waals surface area contributed by atoms with Crippen molar-refractivity contribution in [2.24, 2.45) is 0 Å².